The molecule has 136 valence electrons. The van der Waals surface area contributed by atoms with Crippen molar-refractivity contribution in [3.8, 4) is 0 Å². The first kappa shape index (κ1) is 16.2. The summed E-state index contributed by atoms with van der Waals surface area (Å²) in [5.74, 6) is 0.804. The molecule has 25 heavy (non-hydrogen) atoms. The van der Waals surface area contributed by atoms with Crippen LogP contribution in [0, 0.1) is 0 Å². The predicted octanol–water partition coefficient (Wildman–Crippen LogP) is 1.13. The third-order valence-electron chi connectivity index (χ3n) is 5.42. The van der Waals surface area contributed by atoms with Crippen molar-refractivity contribution in [2.45, 2.75) is 50.7 Å². The number of carbonyl (C=O) groups is 2. The van der Waals surface area contributed by atoms with Crippen molar-refractivity contribution in [1.29, 1.82) is 0 Å². The quantitative estimate of drug-likeness (QED) is 0.884. The Kier molecular flexibility index (Phi) is 4.46. The Balaban J connectivity index is 1.32. The van der Waals surface area contributed by atoms with Gasteiger partial charge in [0.25, 0.3) is 0 Å². The summed E-state index contributed by atoms with van der Waals surface area (Å²) < 4.78 is 7.15. The molecular weight excluding hydrogens is 324 g/mol. The van der Waals surface area contributed by atoms with Crippen LogP contribution in [0.15, 0.2) is 6.33 Å². The fourth-order valence-electron chi connectivity index (χ4n) is 4.00. The Labute approximate surface area is 146 Å². The van der Waals surface area contributed by atoms with E-state index in [1.165, 1.54) is 19.3 Å². The number of nitrogens with one attached hydrogen (secondary N) is 1. The number of hydrogen-bond acceptors (Lipinski definition) is 5. The van der Waals surface area contributed by atoms with E-state index in [4.69, 9.17) is 4.74 Å². The number of nitrogens with zero attached hydrogens (tertiary/aromatic N) is 5. The lowest BCUT2D eigenvalue weighted by Gasteiger charge is -2.35. The average molecular weight is 348 g/mol. The number of cyclic esters (lactones) is 1. The highest BCUT2D eigenvalue weighted by atomic mass is 16.6. The normalized spacial score (nSPS) is 24.2. The lowest BCUT2D eigenvalue weighted by molar-refractivity contribution is 0.127. The molecule has 1 aromatic rings. The first-order chi connectivity index (χ1) is 12.2. The monoisotopic (exact) mass is 348 g/mol. The van der Waals surface area contributed by atoms with Gasteiger partial charge < -0.3 is 19.5 Å². The number of piperazine rings is 1. The van der Waals surface area contributed by atoms with E-state index in [2.05, 4.69) is 20.1 Å². The van der Waals surface area contributed by atoms with Gasteiger partial charge in [0.05, 0.1) is 12.6 Å². The molecule has 4 rings (SSSR count). The maximum absolute atomic E-state index is 12.5. The van der Waals surface area contributed by atoms with Crippen LogP contribution in [0.1, 0.15) is 44.0 Å². The van der Waals surface area contributed by atoms with Gasteiger partial charge in [0.1, 0.15) is 12.9 Å². The van der Waals surface area contributed by atoms with Crippen LogP contribution in [0.5, 0.6) is 0 Å². The zero-order chi connectivity index (χ0) is 17.2. The number of rotatable bonds is 3. The molecule has 3 heterocycles. The summed E-state index contributed by atoms with van der Waals surface area (Å²) in [5.41, 5.74) is 0. The van der Waals surface area contributed by atoms with Crippen LogP contribution in [-0.4, -0.2) is 69.0 Å². The number of hydrogen-bond donors (Lipinski definition) is 1. The molecule has 1 atom stereocenters. The first-order valence-corrected chi connectivity index (χ1v) is 9.07. The highest BCUT2D eigenvalue weighted by Crippen LogP contribution is 2.28. The minimum absolute atomic E-state index is 0.0297. The molecule has 0 aromatic carbocycles. The van der Waals surface area contributed by atoms with Crippen molar-refractivity contribution in [2.24, 2.45) is 0 Å². The number of fused-ring (bicyclic) bond motifs is 1. The molecule has 1 unspecified atom stereocenters. The van der Waals surface area contributed by atoms with E-state index < -0.39 is 0 Å². The third kappa shape index (κ3) is 3.27. The Bertz CT molecular complexity index is 642. The summed E-state index contributed by atoms with van der Waals surface area (Å²) in [4.78, 5) is 27.4. The fraction of sp³-hybridized carbons (Fsp3) is 0.750. The maximum Gasteiger partial charge on any atom is 0.410 e. The zero-order valence-electron chi connectivity index (χ0n) is 14.3. The first-order valence-electron chi connectivity index (χ1n) is 9.07. The van der Waals surface area contributed by atoms with E-state index in [1.54, 1.807) is 16.1 Å². The van der Waals surface area contributed by atoms with E-state index in [9.17, 15) is 9.59 Å². The second kappa shape index (κ2) is 6.89. The fourth-order valence-corrected chi connectivity index (χ4v) is 4.00. The summed E-state index contributed by atoms with van der Waals surface area (Å²) in [7, 11) is 0. The molecule has 3 fully saturated rings. The second-order valence-electron chi connectivity index (χ2n) is 6.98. The second-order valence-corrected chi connectivity index (χ2v) is 6.98. The Morgan fingerprint density at radius 2 is 2.08 bits per heavy atom. The number of carbonyl (C=O) groups excluding carboxylic acids is 2. The van der Waals surface area contributed by atoms with Crippen molar-refractivity contribution in [1.82, 2.24) is 29.9 Å². The van der Waals surface area contributed by atoms with Crippen LogP contribution in [0.25, 0.3) is 0 Å². The maximum atomic E-state index is 12.5. The van der Waals surface area contributed by atoms with Gasteiger partial charge in [0.2, 0.25) is 0 Å². The van der Waals surface area contributed by atoms with E-state index in [0.29, 0.717) is 38.8 Å². The molecule has 9 nitrogen and oxygen atoms in total. The summed E-state index contributed by atoms with van der Waals surface area (Å²) in [6, 6.07) is 0.288. The van der Waals surface area contributed by atoms with Gasteiger partial charge in [-0.3, -0.25) is 4.90 Å². The summed E-state index contributed by atoms with van der Waals surface area (Å²) in [6.07, 6.45) is 7.57. The molecule has 1 saturated carbocycles. The predicted molar refractivity (Wildman–Crippen MR) is 87.8 cm³/mol. The summed E-state index contributed by atoms with van der Waals surface area (Å²) >= 11 is 0. The highest BCUT2D eigenvalue weighted by Gasteiger charge is 2.38. The van der Waals surface area contributed by atoms with Gasteiger partial charge in [-0.1, -0.05) is 19.3 Å². The van der Waals surface area contributed by atoms with Crippen molar-refractivity contribution in [3.05, 3.63) is 12.2 Å². The van der Waals surface area contributed by atoms with Gasteiger partial charge in [0.15, 0.2) is 5.82 Å². The van der Waals surface area contributed by atoms with Gasteiger partial charge in [-0.25, -0.2) is 9.59 Å². The SMILES string of the molecule is O=C(NCc1nncn1C1CCCCC1)N1CCN2C(=O)OCC2C1. The van der Waals surface area contributed by atoms with Crippen molar-refractivity contribution < 1.29 is 14.3 Å². The average Bonchev–Trinajstić information content (AvgIpc) is 3.27. The number of amides is 3. The lowest BCUT2D eigenvalue weighted by Crippen LogP contribution is -2.55. The van der Waals surface area contributed by atoms with Crippen LogP contribution < -0.4 is 5.32 Å². The number of ether oxygens (including phenoxy) is 1. The molecule has 2 saturated heterocycles. The van der Waals surface area contributed by atoms with E-state index >= 15 is 0 Å². The number of aromatic nitrogens is 3. The molecule has 0 bridgehead atoms. The molecule has 9 heteroatoms. The summed E-state index contributed by atoms with van der Waals surface area (Å²) in [5, 5.41) is 11.2. The van der Waals surface area contributed by atoms with Crippen molar-refractivity contribution in [3.63, 3.8) is 0 Å². The third-order valence-corrected chi connectivity index (χ3v) is 5.42. The minimum atomic E-state index is -0.273. The molecule has 1 aliphatic carbocycles. The lowest BCUT2D eigenvalue weighted by atomic mass is 9.95. The molecule has 1 N–H and O–H groups in total. The van der Waals surface area contributed by atoms with Crippen LogP contribution in [0.4, 0.5) is 9.59 Å². The standard InChI is InChI=1S/C16H24N6O3/c23-15(20-6-7-21-13(9-20)10-25-16(21)24)17-8-14-19-18-11-22(14)12-4-2-1-3-5-12/h11-13H,1-10H2,(H,17,23). The van der Waals surface area contributed by atoms with Crippen LogP contribution in [0.2, 0.25) is 0 Å². The molecule has 3 amide bonds. The van der Waals surface area contributed by atoms with Gasteiger partial charge in [0, 0.05) is 25.7 Å². The Morgan fingerprint density at radius 1 is 1.24 bits per heavy atom. The van der Waals surface area contributed by atoms with Gasteiger partial charge in [-0.05, 0) is 12.8 Å². The summed E-state index contributed by atoms with van der Waals surface area (Å²) in [6.45, 7) is 2.28. The minimum Gasteiger partial charge on any atom is -0.447 e. The zero-order valence-corrected chi connectivity index (χ0v) is 14.3. The molecule has 0 spiro atoms. The van der Waals surface area contributed by atoms with Crippen LogP contribution in [0.3, 0.4) is 0 Å². The molecule has 2 aliphatic heterocycles. The molecule has 1 aromatic heterocycles. The van der Waals surface area contributed by atoms with Crippen molar-refractivity contribution >= 4 is 12.1 Å². The molecule has 0 radical (unpaired) electrons. The highest BCUT2D eigenvalue weighted by molar-refractivity contribution is 5.75. The molecular formula is C16H24N6O3. The Morgan fingerprint density at radius 3 is 2.92 bits per heavy atom. The van der Waals surface area contributed by atoms with Gasteiger partial charge in [-0.15, -0.1) is 10.2 Å². The molecule has 3 aliphatic rings. The smallest absolute Gasteiger partial charge is 0.410 e. The topological polar surface area (TPSA) is 92.6 Å². The van der Waals surface area contributed by atoms with E-state index in [-0.39, 0.29) is 18.2 Å². The van der Waals surface area contributed by atoms with Gasteiger partial charge >= 0.3 is 12.1 Å². The largest absolute Gasteiger partial charge is 0.447 e. The van der Waals surface area contributed by atoms with E-state index in [0.717, 1.165) is 18.7 Å². The van der Waals surface area contributed by atoms with Gasteiger partial charge in [-0.2, -0.15) is 0 Å². The van der Waals surface area contributed by atoms with E-state index in [1.807, 2.05) is 0 Å². The van der Waals surface area contributed by atoms with Crippen LogP contribution in [-0.2, 0) is 11.3 Å². The Hall–Kier alpha value is -2.32. The van der Waals surface area contributed by atoms with Crippen molar-refractivity contribution in [2.75, 3.05) is 26.2 Å². The van der Waals surface area contributed by atoms with Crippen LogP contribution >= 0.6 is 0 Å². The number of urea groups is 1.